The average molecular weight is 201 g/mol. The van der Waals surface area contributed by atoms with Gasteiger partial charge in [0.05, 0.1) is 11.6 Å². The summed E-state index contributed by atoms with van der Waals surface area (Å²) >= 11 is 0. The van der Waals surface area contributed by atoms with Gasteiger partial charge >= 0.3 is 0 Å². The molecule has 1 aliphatic rings. The third-order valence-electron chi connectivity index (χ3n) is 2.78. The second-order valence-corrected chi connectivity index (χ2v) is 3.98. The smallest absolute Gasteiger partial charge is 0.0994 e. The lowest BCUT2D eigenvalue weighted by atomic mass is 10.1. The average Bonchev–Trinajstić information content (AvgIpc) is 2.71. The summed E-state index contributed by atoms with van der Waals surface area (Å²) < 4.78 is 0. The third-order valence-corrected chi connectivity index (χ3v) is 2.78. The number of rotatable bonds is 2. The Morgan fingerprint density at radius 1 is 1.53 bits per heavy atom. The van der Waals surface area contributed by atoms with Crippen molar-refractivity contribution in [3.8, 4) is 6.07 Å². The molecule has 0 spiro atoms. The summed E-state index contributed by atoms with van der Waals surface area (Å²) in [5, 5.41) is 15.6. The lowest BCUT2D eigenvalue weighted by Gasteiger charge is -2.13. The second kappa shape index (κ2) is 4.33. The molecule has 1 heterocycles. The van der Waals surface area contributed by atoms with Crippen LogP contribution in [-0.2, 0) is 0 Å². The van der Waals surface area contributed by atoms with E-state index in [0.29, 0.717) is 6.04 Å². The second-order valence-electron chi connectivity index (χ2n) is 3.98. The molecule has 3 nitrogen and oxygen atoms in total. The number of anilines is 1. The molecule has 1 unspecified atom stereocenters. The Balaban J connectivity index is 2.09. The predicted molar refractivity (Wildman–Crippen MR) is 60.8 cm³/mol. The van der Waals surface area contributed by atoms with Crippen molar-refractivity contribution in [2.24, 2.45) is 0 Å². The summed E-state index contributed by atoms with van der Waals surface area (Å²) in [6, 6.07) is 8.59. The Kier molecular flexibility index (Phi) is 2.89. The molecule has 2 N–H and O–H groups in total. The molecule has 2 rings (SSSR count). The molecule has 1 aromatic carbocycles. The van der Waals surface area contributed by atoms with Crippen LogP contribution in [0.15, 0.2) is 18.2 Å². The Labute approximate surface area is 90.1 Å². The topological polar surface area (TPSA) is 47.8 Å². The molecular formula is C12H15N3. The molecule has 1 atom stereocenters. The zero-order chi connectivity index (χ0) is 10.7. The molecule has 1 aliphatic heterocycles. The van der Waals surface area contributed by atoms with E-state index in [1.165, 1.54) is 6.42 Å². The van der Waals surface area contributed by atoms with Gasteiger partial charge in [0, 0.05) is 18.3 Å². The zero-order valence-corrected chi connectivity index (χ0v) is 8.88. The number of hydrogen-bond acceptors (Lipinski definition) is 3. The number of nitrogens with one attached hydrogen (secondary N) is 2. The monoisotopic (exact) mass is 201 g/mol. The fourth-order valence-electron chi connectivity index (χ4n) is 1.89. The quantitative estimate of drug-likeness (QED) is 0.764. The van der Waals surface area contributed by atoms with Crippen LogP contribution in [0.25, 0.3) is 0 Å². The first-order valence-corrected chi connectivity index (χ1v) is 5.27. The van der Waals surface area contributed by atoms with E-state index in [1.54, 1.807) is 0 Å². The summed E-state index contributed by atoms with van der Waals surface area (Å²) in [4.78, 5) is 0. The van der Waals surface area contributed by atoms with Gasteiger partial charge in [-0.1, -0.05) is 0 Å². The highest BCUT2D eigenvalue weighted by Crippen LogP contribution is 2.16. The van der Waals surface area contributed by atoms with Gasteiger partial charge in [-0.25, -0.2) is 0 Å². The van der Waals surface area contributed by atoms with E-state index in [4.69, 9.17) is 5.26 Å². The van der Waals surface area contributed by atoms with Gasteiger partial charge in [0.1, 0.15) is 0 Å². The van der Waals surface area contributed by atoms with Crippen LogP contribution in [0.5, 0.6) is 0 Å². The number of nitrogens with zero attached hydrogens (tertiary/aromatic N) is 1. The predicted octanol–water partition coefficient (Wildman–Crippen LogP) is 1.64. The number of aryl methyl sites for hydroxylation is 1. The van der Waals surface area contributed by atoms with Gasteiger partial charge in [-0.05, 0) is 43.7 Å². The molecule has 3 heteroatoms. The number of nitriles is 1. The van der Waals surface area contributed by atoms with Crippen LogP contribution in [0.4, 0.5) is 5.69 Å². The van der Waals surface area contributed by atoms with Crippen molar-refractivity contribution < 1.29 is 0 Å². The van der Waals surface area contributed by atoms with Gasteiger partial charge < -0.3 is 10.6 Å². The maximum absolute atomic E-state index is 8.81. The van der Waals surface area contributed by atoms with E-state index in [2.05, 4.69) is 16.7 Å². The number of benzene rings is 1. The van der Waals surface area contributed by atoms with Crippen molar-refractivity contribution in [3.63, 3.8) is 0 Å². The minimum absolute atomic E-state index is 0.525. The first-order chi connectivity index (χ1) is 7.29. The molecule has 78 valence electrons. The standard InChI is InChI=1S/C12H15N3/c1-9-6-11(3-2-10(9)7-13)15-12-4-5-14-8-12/h2-3,6,12,14-15H,4-5,8H2,1H3. The molecule has 0 radical (unpaired) electrons. The van der Waals surface area contributed by atoms with E-state index in [9.17, 15) is 0 Å². The lowest BCUT2D eigenvalue weighted by Crippen LogP contribution is -2.22. The lowest BCUT2D eigenvalue weighted by molar-refractivity contribution is 0.793. The fourth-order valence-corrected chi connectivity index (χ4v) is 1.89. The summed E-state index contributed by atoms with van der Waals surface area (Å²) in [5.74, 6) is 0. The summed E-state index contributed by atoms with van der Waals surface area (Å²) in [5.41, 5.74) is 2.90. The highest BCUT2D eigenvalue weighted by molar-refractivity contribution is 5.52. The number of hydrogen-bond donors (Lipinski definition) is 2. The molecule has 1 saturated heterocycles. The SMILES string of the molecule is Cc1cc(NC2CCNC2)ccc1C#N. The Bertz CT molecular complexity index is 386. The summed E-state index contributed by atoms with van der Waals surface area (Å²) in [7, 11) is 0. The van der Waals surface area contributed by atoms with Crippen LogP contribution in [0.3, 0.4) is 0 Å². The fraction of sp³-hybridized carbons (Fsp3) is 0.417. The van der Waals surface area contributed by atoms with Gasteiger partial charge in [0.15, 0.2) is 0 Å². The maximum Gasteiger partial charge on any atom is 0.0994 e. The largest absolute Gasteiger partial charge is 0.381 e. The third kappa shape index (κ3) is 2.28. The van der Waals surface area contributed by atoms with Crippen LogP contribution in [-0.4, -0.2) is 19.1 Å². The van der Waals surface area contributed by atoms with Crippen molar-refractivity contribution in [3.05, 3.63) is 29.3 Å². The summed E-state index contributed by atoms with van der Waals surface area (Å²) in [6.07, 6.45) is 1.17. The van der Waals surface area contributed by atoms with Crippen LogP contribution in [0, 0.1) is 18.3 Å². The van der Waals surface area contributed by atoms with Gasteiger partial charge in [0.2, 0.25) is 0 Å². The van der Waals surface area contributed by atoms with Crippen LogP contribution in [0.1, 0.15) is 17.5 Å². The van der Waals surface area contributed by atoms with E-state index < -0.39 is 0 Å². The first-order valence-electron chi connectivity index (χ1n) is 5.27. The highest BCUT2D eigenvalue weighted by atomic mass is 15.0. The van der Waals surface area contributed by atoms with Crippen molar-refractivity contribution in [2.45, 2.75) is 19.4 Å². The van der Waals surface area contributed by atoms with E-state index in [-0.39, 0.29) is 0 Å². The van der Waals surface area contributed by atoms with Crippen LogP contribution >= 0.6 is 0 Å². The van der Waals surface area contributed by atoms with Crippen molar-refractivity contribution >= 4 is 5.69 Å². The Hall–Kier alpha value is -1.53. The van der Waals surface area contributed by atoms with Gasteiger partial charge in [-0.2, -0.15) is 5.26 Å². The molecule has 0 saturated carbocycles. The molecule has 0 aromatic heterocycles. The minimum Gasteiger partial charge on any atom is -0.381 e. The Morgan fingerprint density at radius 2 is 2.40 bits per heavy atom. The van der Waals surface area contributed by atoms with Gasteiger partial charge in [-0.3, -0.25) is 0 Å². The van der Waals surface area contributed by atoms with Crippen molar-refractivity contribution in [1.82, 2.24) is 5.32 Å². The minimum atomic E-state index is 0.525. The first kappa shape index (κ1) is 10.0. The molecule has 0 amide bonds. The molecule has 0 aliphatic carbocycles. The molecule has 15 heavy (non-hydrogen) atoms. The van der Waals surface area contributed by atoms with Crippen molar-refractivity contribution in [1.29, 1.82) is 5.26 Å². The highest BCUT2D eigenvalue weighted by Gasteiger charge is 2.13. The normalized spacial score (nSPS) is 19.9. The van der Waals surface area contributed by atoms with E-state index in [0.717, 1.165) is 29.9 Å². The zero-order valence-electron chi connectivity index (χ0n) is 8.88. The molecule has 0 bridgehead atoms. The van der Waals surface area contributed by atoms with Gasteiger partial charge in [-0.15, -0.1) is 0 Å². The molecule has 1 aromatic rings. The van der Waals surface area contributed by atoms with E-state index in [1.807, 2.05) is 25.1 Å². The Morgan fingerprint density at radius 3 is 3.00 bits per heavy atom. The van der Waals surface area contributed by atoms with Crippen LogP contribution in [0.2, 0.25) is 0 Å². The maximum atomic E-state index is 8.81. The van der Waals surface area contributed by atoms with Gasteiger partial charge in [0.25, 0.3) is 0 Å². The molecule has 1 fully saturated rings. The molecular weight excluding hydrogens is 186 g/mol. The van der Waals surface area contributed by atoms with Crippen molar-refractivity contribution in [2.75, 3.05) is 18.4 Å². The van der Waals surface area contributed by atoms with E-state index >= 15 is 0 Å². The van der Waals surface area contributed by atoms with Crippen LogP contribution < -0.4 is 10.6 Å². The summed E-state index contributed by atoms with van der Waals surface area (Å²) in [6.45, 7) is 4.09.